The molecule has 1 aromatic heterocycles. The number of para-hydroxylation sites is 1. The lowest BCUT2D eigenvalue weighted by molar-refractivity contribution is -0.136. The number of hydrogen-bond donors (Lipinski definition) is 0. The molecular formula is C26H22F3NO3S. The summed E-state index contributed by atoms with van der Waals surface area (Å²) in [5, 5.41) is -0.196. The van der Waals surface area contributed by atoms with Crippen LogP contribution in [0.3, 0.4) is 0 Å². The van der Waals surface area contributed by atoms with E-state index in [1.165, 1.54) is 18.2 Å². The third-order valence-electron chi connectivity index (χ3n) is 5.41. The lowest BCUT2D eigenvalue weighted by Crippen LogP contribution is -2.13. The van der Waals surface area contributed by atoms with Gasteiger partial charge in [0.25, 0.3) is 0 Å². The van der Waals surface area contributed by atoms with E-state index in [2.05, 4.69) is 4.98 Å². The van der Waals surface area contributed by atoms with Crippen molar-refractivity contribution in [1.29, 1.82) is 0 Å². The second-order valence-corrected chi connectivity index (χ2v) is 10.7. The van der Waals surface area contributed by atoms with E-state index in [-0.39, 0.29) is 10.4 Å². The van der Waals surface area contributed by atoms with E-state index in [9.17, 15) is 21.6 Å². The minimum Gasteiger partial charge on any atom is -0.457 e. The second kappa shape index (κ2) is 8.76. The number of pyridine rings is 1. The van der Waals surface area contributed by atoms with Crippen LogP contribution in [0.5, 0.6) is 11.5 Å². The summed E-state index contributed by atoms with van der Waals surface area (Å²) in [5.74, 6) is 0.764. The molecule has 0 saturated carbocycles. The molecule has 0 aliphatic rings. The summed E-state index contributed by atoms with van der Waals surface area (Å²) in [6.45, 7) is 4.87. The largest absolute Gasteiger partial charge is 0.457 e. The second-order valence-electron chi connectivity index (χ2n) is 8.21. The van der Waals surface area contributed by atoms with Crippen LogP contribution in [-0.4, -0.2) is 18.7 Å². The molecule has 0 unspecified atom stereocenters. The Morgan fingerprint density at radius 2 is 1.53 bits per heavy atom. The standard InChI is InChI=1S/C26H22F3NO3S/c1-16(2)34(31,32)21-10-5-9-20(15-21)33-19-8-4-7-18(14-19)23-13-17(3)30-25-22(23)11-6-12-24(25)26(27,28)29/h4-16H,1-3H3. The van der Waals surface area contributed by atoms with Gasteiger partial charge in [0.05, 0.1) is 21.2 Å². The molecule has 0 aliphatic heterocycles. The van der Waals surface area contributed by atoms with Gasteiger partial charge in [0.15, 0.2) is 9.84 Å². The molecule has 0 bridgehead atoms. The molecule has 4 rings (SSSR count). The maximum Gasteiger partial charge on any atom is 0.418 e. The highest BCUT2D eigenvalue weighted by Gasteiger charge is 2.33. The molecule has 0 spiro atoms. The molecule has 0 N–H and O–H groups in total. The number of benzene rings is 3. The van der Waals surface area contributed by atoms with Gasteiger partial charge in [0.1, 0.15) is 11.5 Å². The number of halogens is 3. The zero-order valence-corrected chi connectivity index (χ0v) is 19.5. The minimum atomic E-state index is -4.52. The fourth-order valence-corrected chi connectivity index (χ4v) is 4.79. The Balaban J connectivity index is 1.76. The van der Waals surface area contributed by atoms with Gasteiger partial charge in [-0.05, 0) is 74.4 Å². The molecule has 4 aromatic rings. The van der Waals surface area contributed by atoms with Crippen LogP contribution in [0.1, 0.15) is 25.1 Å². The van der Waals surface area contributed by atoms with Gasteiger partial charge in [-0.1, -0.05) is 30.3 Å². The van der Waals surface area contributed by atoms with Crippen LogP contribution in [0, 0.1) is 6.92 Å². The SMILES string of the molecule is Cc1cc(-c2cccc(Oc3cccc(S(=O)(=O)C(C)C)c3)c2)c2cccc(C(F)(F)F)c2n1. The first-order valence-corrected chi connectivity index (χ1v) is 12.1. The van der Waals surface area contributed by atoms with E-state index >= 15 is 0 Å². The molecule has 1 heterocycles. The molecule has 0 fully saturated rings. The first-order chi connectivity index (χ1) is 16.0. The van der Waals surface area contributed by atoms with Crippen molar-refractivity contribution in [3.8, 4) is 22.6 Å². The molecular weight excluding hydrogens is 463 g/mol. The van der Waals surface area contributed by atoms with E-state index < -0.39 is 26.8 Å². The number of sulfone groups is 1. The predicted octanol–water partition coefficient (Wildman–Crippen LogP) is 7.20. The fourth-order valence-electron chi connectivity index (χ4n) is 3.69. The van der Waals surface area contributed by atoms with Crippen molar-refractivity contribution < 1.29 is 26.3 Å². The number of alkyl halides is 3. The van der Waals surface area contributed by atoms with Gasteiger partial charge < -0.3 is 4.74 Å². The summed E-state index contributed by atoms with van der Waals surface area (Å²) in [7, 11) is -3.47. The minimum absolute atomic E-state index is 0.108. The van der Waals surface area contributed by atoms with Gasteiger partial charge in [-0.3, -0.25) is 4.98 Å². The Morgan fingerprint density at radius 1 is 0.882 bits per heavy atom. The van der Waals surface area contributed by atoms with Crippen molar-refractivity contribution in [1.82, 2.24) is 4.98 Å². The molecule has 0 saturated heterocycles. The summed E-state index contributed by atoms with van der Waals surface area (Å²) in [4.78, 5) is 4.32. The third-order valence-corrected chi connectivity index (χ3v) is 7.56. The van der Waals surface area contributed by atoms with E-state index in [0.717, 1.165) is 6.07 Å². The van der Waals surface area contributed by atoms with Crippen LogP contribution in [-0.2, 0) is 16.0 Å². The van der Waals surface area contributed by atoms with Gasteiger partial charge in [-0.25, -0.2) is 8.42 Å². The quantitative estimate of drug-likeness (QED) is 0.300. The van der Waals surface area contributed by atoms with Crippen molar-refractivity contribution in [3.05, 3.63) is 84.1 Å². The number of rotatable bonds is 5. The Bertz CT molecular complexity index is 1480. The van der Waals surface area contributed by atoms with Crippen LogP contribution in [0.2, 0.25) is 0 Å². The van der Waals surface area contributed by atoms with Crippen molar-refractivity contribution >= 4 is 20.7 Å². The van der Waals surface area contributed by atoms with E-state index in [1.54, 1.807) is 69.3 Å². The highest BCUT2D eigenvalue weighted by atomic mass is 32.2. The van der Waals surface area contributed by atoms with Crippen molar-refractivity contribution in [3.63, 3.8) is 0 Å². The maximum absolute atomic E-state index is 13.6. The zero-order valence-electron chi connectivity index (χ0n) is 18.7. The van der Waals surface area contributed by atoms with Crippen LogP contribution in [0.15, 0.2) is 77.7 Å². The topological polar surface area (TPSA) is 56.3 Å². The normalized spacial score (nSPS) is 12.3. The van der Waals surface area contributed by atoms with E-state index in [1.807, 2.05) is 0 Å². The lowest BCUT2D eigenvalue weighted by atomic mass is 9.98. The number of hydrogen-bond acceptors (Lipinski definition) is 4. The number of aryl methyl sites for hydroxylation is 1. The highest BCUT2D eigenvalue weighted by molar-refractivity contribution is 7.92. The number of nitrogens with zero attached hydrogens (tertiary/aromatic N) is 1. The van der Waals surface area contributed by atoms with Crippen LogP contribution in [0.25, 0.3) is 22.0 Å². The summed E-state index contributed by atoms with van der Waals surface area (Å²) in [5.41, 5.74) is 0.805. The molecule has 0 atom stereocenters. The summed E-state index contributed by atoms with van der Waals surface area (Å²) < 4.78 is 71.6. The monoisotopic (exact) mass is 485 g/mol. The van der Waals surface area contributed by atoms with Crippen molar-refractivity contribution in [2.45, 2.75) is 37.1 Å². The van der Waals surface area contributed by atoms with Crippen molar-refractivity contribution in [2.75, 3.05) is 0 Å². The molecule has 8 heteroatoms. The Hall–Kier alpha value is -3.39. The van der Waals surface area contributed by atoms with E-state index in [4.69, 9.17) is 4.74 Å². The average Bonchev–Trinajstić information content (AvgIpc) is 2.77. The van der Waals surface area contributed by atoms with Gasteiger partial charge in [-0.2, -0.15) is 13.2 Å². The van der Waals surface area contributed by atoms with Gasteiger partial charge in [0, 0.05) is 11.1 Å². The molecule has 0 aliphatic carbocycles. The molecule has 176 valence electrons. The zero-order chi connectivity index (χ0) is 24.7. The molecule has 4 nitrogen and oxygen atoms in total. The van der Waals surface area contributed by atoms with Crippen LogP contribution >= 0.6 is 0 Å². The Morgan fingerprint density at radius 3 is 2.21 bits per heavy atom. The van der Waals surface area contributed by atoms with Crippen LogP contribution < -0.4 is 4.74 Å². The van der Waals surface area contributed by atoms with Gasteiger partial charge in [-0.15, -0.1) is 0 Å². The molecule has 3 aromatic carbocycles. The van der Waals surface area contributed by atoms with E-state index in [0.29, 0.717) is 33.7 Å². The molecule has 0 radical (unpaired) electrons. The lowest BCUT2D eigenvalue weighted by Gasteiger charge is -2.14. The number of aromatic nitrogens is 1. The van der Waals surface area contributed by atoms with Gasteiger partial charge in [0.2, 0.25) is 0 Å². The third kappa shape index (κ3) is 4.63. The average molecular weight is 486 g/mol. The Labute approximate surface area is 196 Å². The summed E-state index contributed by atoms with van der Waals surface area (Å²) in [6.07, 6.45) is -4.52. The summed E-state index contributed by atoms with van der Waals surface area (Å²) in [6, 6.07) is 18.9. The van der Waals surface area contributed by atoms with Gasteiger partial charge >= 0.3 is 6.18 Å². The highest BCUT2D eigenvalue weighted by Crippen LogP contribution is 2.38. The van der Waals surface area contributed by atoms with Crippen molar-refractivity contribution in [2.24, 2.45) is 0 Å². The summed E-state index contributed by atoms with van der Waals surface area (Å²) >= 11 is 0. The molecule has 34 heavy (non-hydrogen) atoms. The fraction of sp³-hybridized carbons (Fsp3) is 0.192. The molecule has 0 amide bonds. The first kappa shape index (κ1) is 23.8. The number of fused-ring (bicyclic) bond motifs is 1. The Kier molecular flexibility index (Phi) is 6.12. The maximum atomic E-state index is 13.6. The number of ether oxygens (including phenoxy) is 1. The predicted molar refractivity (Wildman–Crippen MR) is 126 cm³/mol. The first-order valence-electron chi connectivity index (χ1n) is 10.6. The smallest absolute Gasteiger partial charge is 0.418 e. The van der Waals surface area contributed by atoms with Crippen LogP contribution in [0.4, 0.5) is 13.2 Å².